The molecule has 32 heavy (non-hydrogen) atoms. The fourth-order valence-electron chi connectivity index (χ4n) is 3.69. The Morgan fingerprint density at radius 3 is 2.31 bits per heavy atom. The van der Waals surface area contributed by atoms with Crippen molar-refractivity contribution in [3.8, 4) is 5.75 Å². The molecule has 0 aliphatic rings. The first kappa shape index (κ1) is 23.9. The van der Waals surface area contributed by atoms with Gasteiger partial charge in [0.1, 0.15) is 11.4 Å². The Hall–Kier alpha value is -2.77. The van der Waals surface area contributed by atoms with Crippen LogP contribution in [-0.4, -0.2) is 30.7 Å². The highest BCUT2D eigenvalue weighted by atomic mass is 35.5. The lowest BCUT2D eigenvalue weighted by molar-refractivity contribution is 0.0683. The van der Waals surface area contributed by atoms with Crippen molar-refractivity contribution in [2.45, 2.75) is 44.4 Å². The number of carbonyl (C=O) groups is 1. The van der Waals surface area contributed by atoms with Crippen LogP contribution < -0.4 is 4.74 Å². The van der Waals surface area contributed by atoms with Crippen molar-refractivity contribution in [3.05, 3.63) is 81.6 Å². The van der Waals surface area contributed by atoms with Crippen molar-refractivity contribution >= 4 is 27.4 Å². The number of aromatic carboxylic acids is 1. The Labute approximate surface area is 193 Å². The molecule has 0 saturated heterocycles. The van der Waals surface area contributed by atoms with Gasteiger partial charge in [-0.3, -0.25) is 0 Å². The summed E-state index contributed by atoms with van der Waals surface area (Å²) in [4.78, 5) is 11.9. The second-order valence-electron chi connectivity index (χ2n) is 7.78. The first-order chi connectivity index (χ1) is 15.1. The SMILES string of the molecule is Cc1cc(OCCCn2cc(S(=O)(=O)Cc3ccccc3)c(C)c2C(=O)O)cc(C)c1Cl. The lowest BCUT2D eigenvalue weighted by Gasteiger charge is -2.11. The Balaban J connectivity index is 1.75. The molecule has 0 spiro atoms. The maximum Gasteiger partial charge on any atom is 0.352 e. The summed E-state index contributed by atoms with van der Waals surface area (Å²) in [6, 6.07) is 12.5. The van der Waals surface area contributed by atoms with Crippen molar-refractivity contribution in [3.63, 3.8) is 0 Å². The summed E-state index contributed by atoms with van der Waals surface area (Å²) in [5.74, 6) is -0.651. The second-order valence-corrected chi connectivity index (χ2v) is 10.1. The third-order valence-electron chi connectivity index (χ3n) is 5.24. The molecule has 0 atom stereocenters. The van der Waals surface area contributed by atoms with Crippen LogP contribution >= 0.6 is 11.6 Å². The number of halogens is 1. The quantitative estimate of drug-likeness (QED) is 0.429. The molecular weight excluding hydrogens is 450 g/mol. The number of hydrogen-bond acceptors (Lipinski definition) is 4. The summed E-state index contributed by atoms with van der Waals surface area (Å²) in [6.45, 7) is 6.01. The van der Waals surface area contributed by atoms with Gasteiger partial charge in [-0.05, 0) is 56.0 Å². The number of aryl methyl sites for hydroxylation is 3. The Bertz CT molecular complexity index is 1210. The summed E-state index contributed by atoms with van der Waals surface area (Å²) in [7, 11) is -3.69. The highest BCUT2D eigenvalue weighted by molar-refractivity contribution is 7.90. The minimum absolute atomic E-state index is 0.0187. The van der Waals surface area contributed by atoms with E-state index in [1.807, 2.05) is 32.0 Å². The van der Waals surface area contributed by atoms with E-state index >= 15 is 0 Å². The first-order valence-corrected chi connectivity index (χ1v) is 12.2. The van der Waals surface area contributed by atoms with Crippen molar-refractivity contribution in [1.82, 2.24) is 4.57 Å². The molecule has 0 bridgehead atoms. The summed E-state index contributed by atoms with van der Waals surface area (Å²) in [6.07, 6.45) is 1.93. The standard InChI is InChI=1S/C24H26ClNO5S/c1-16-12-20(13-17(2)22(16)25)31-11-7-10-26-14-21(18(3)23(26)24(27)28)32(29,30)15-19-8-5-4-6-9-19/h4-6,8-9,12-14H,7,10-11,15H2,1-3H3,(H,27,28). The molecule has 0 aliphatic carbocycles. The predicted molar refractivity (Wildman–Crippen MR) is 124 cm³/mol. The van der Waals surface area contributed by atoms with E-state index in [9.17, 15) is 18.3 Å². The van der Waals surface area contributed by atoms with E-state index in [0.29, 0.717) is 35.9 Å². The van der Waals surface area contributed by atoms with Gasteiger partial charge in [0, 0.05) is 23.3 Å². The van der Waals surface area contributed by atoms with Crippen molar-refractivity contribution in [1.29, 1.82) is 0 Å². The van der Waals surface area contributed by atoms with Crippen LogP contribution in [0.2, 0.25) is 5.02 Å². The van der Waals surface area contributed by atoms with Gasteiger partial charge in [0.25, 0.3) is 0 Å². The van der Waals surface area contributed by atoms with E-state index in [2.05, 4.69) is 0 Å². The van der Waals surface area contributed by atoms with Crippen molar-refractivity contribution < 1.29 is 23.1 Å². The molecule has 0 unspecified atom stereocenters. The summed E-state index contributed by atoms with van der Waals surface area (Å²) >= 11 is 6.18. The van der Waals surface area contributed by atoms with E-state index in [0.717, 1.165) is 11.1 Å². The molecule has 170 valence electrons. The van der Waals surface area contributed by atoms with Gasteiger partial charge in [-0.1, -0.05) is 41.9 Å². The minimum Gasteiger partial charge on any atom is -0.494 e. The average molecular weight is 476 g/mol. The highest BCUT2D eigenvalue weighted by Gasteiger charge is 2.26. The van der Waals surface area contributed by atoms with Crippen LogP contribution in [0, 0.1) is 20.8 Å². The molecule has 8 heteroatoms. The van der Waals surface area contributed by atoms with E-state index < -0.39 is 15.8 Å². The molecule has 3 aromatic rings. The lowest BCUT2D eigenvalue weighted by Crippen LogP contribution is -2.11. The molecule has 6 nitrogen and oxygen atoms in total. The number of nitrogens with zero attached hydrogens (tertiary/aromatic N) is 1. The van der Waals surface area contributed by atoms with Crippen LogP contribution in [0.5, 0.6) is 5.75 Å². The smallest absolute Gasteiger partial charge is 0.352 e. The molecule has 3 rings (SSSR count). The van der Waals surface area contributed by atoms with E-state index in [4.69, 9.17) is 16.3 Å². The molecule has 2 aromatic carbocycles. The minimum atomic E-state index is -3.69. The summed E-state index contributed by atoms with van der Waals surface area (Å²) in [5.41, 5.74) is 2.72. The molecule has 0 fully saturated rings. The molecule has 1 heterocycles. The summed E-state index contributed by atoms with van der Waals surface area (Å²) in [5, 5.41) is 10.4. The van der Waals surface area contributed by atoms with Gasteiger partial charge in [-0.25, -0.2) is 13.2 Å². The van der Waals surface area contributed by atoms with Crippen LogP contribution in [0.1, 0.15) is 39.2 Å². The Morgan fingerprint density at radius 1 is 1.09 bits per heavy atom. The number of carboxylic acids is 1. The lowest BCUT2D eigenvalue weighted by atomic mass is 10.1. The first-order valence-electron chi connectivity index (χ1n) is 10.2. The van der Waals surface area contributed by atoms with Gasteiger partial charge < -0.3 is 14.4 Å². The van der Waals surface area contributed by atoms with E-state index in [-0.39, 0.29) is 21.9 Å². The van der Waals surface area contributed by atoms with Crippen LogP contribution in [0.15, 0.2) is 53.6 Å². The second kappa shape index (κ2) is 9.79. The molecule has 0 amide bonds. The molecule has 0 aliphatic heterocycles. The van der Waals surface area contributed by atoms with Crippen molar-refractivity contribution in [2.24, 2.45) is 0 Å². The number of rotatable bonds is 9. The van der Waals surface area contributed by atoms with E-state index in [1.54, 1.807) is 24.3 Å². The topological polar surface area (TPSA) is 85.6 Å². The van der Waals surface area contributed by atoms with Crippen LogP contribution in [0.3, 0.4) is 0 Å². The van der Waals surface area contributed by atoms with Gasteiger partial charge in [-0.2, -0.15) is 0 Å². The molecule has 1 aromatic heterocycles. The number of ether oxygens (including phenoxy) is 1. The monoisotopic (exact) mass is 475 g/mol. The fourth-order valence-corrected chi connectivity index (χ4v) is 5.44. The van der Waals surface area contributed by atoms with Gasteiger partial charge >= 0.3 is 5.97 Å². The van der Waals surface area contributed by atoms with Gasteiger partial charge in [-0.15, -0.1) is 0 Å². The normalized spacial score (nSPS) is 11.5. The van der Waals surface area contributed by atoms with Crippen LogP contribution in [0.25, 0.3) is 0 Å². The highest BCUT2D eigenvalue weighted by Crippen LogP contribution is 2.27. The fraction of sp³-hybridized carbons (Fsp3) is 0.292. The number of sulfone groups is 1. The maximum absolute atomic E-state index is 13.0. The average Bonchev–Trinajstić information content (AvgIpc) is 3.07. The third-order valence-corrected chi connectivity index (χ3v) is 7.64. The molecule has 0 saturated carbocycles. The zero-order chi connectivity index (χ0) is 23.5. The number of hydrogen-bond donors (Lipinski definition) is 1. The van der Waals surface area contributed by atoms with Gasteiger partial charge in [0.15, 0.2) is 9.84 Å². The molecule has 1 N–H and O–H groups in total. The maximum atomic E-state index is 13.0. The van der Waals surface area contributed by atoms with Crippen molar-refractivity contribution in [2.75, 3.05) is 6.61 Å². The van der Waals surface area contributed by atoms with Crippen LogP contribution in [-0.2, 0) is 22.1 Å². The number of aromatic nitrogens is 1. The predicted octanol–water partition coefficient (Wildman–Crippen LogP) is 5.21. The molecule has 0 radical (unpaired) electrons. The summed E-state index contributed by atoms with van der Waals surface area (Å²) < 4.78 is 33.2. The van der Waals surface area contributed by atoms with Crippen LogP contribution in [0.4, 0.5) is 0 Å². The zero-order valence-corrected chi connectivity index (χ0v) is 19.8. The number of benzene rings is 2. The third kappa shape index (κ3) is 5.34. The largest absolute Gasteiger partial charge is 0.494 e. The number of carboxylic acid groups (broad SMARTS) is 1. The van der Waals surface area contributed by atoms with Gasteiger partial charge in [0.2, 0.25) is 0 Å². The van der Waals surface area contributed by atoms with E-state index in [1.165, 1.54) is 17.7 Å². The molecular formula is C24H26ClNO5S. The zero-order valence-electron chi connectivity index (χ0n) is 18.3. The van der Waals surface area contributed by atoms with Gasteiger partial charge in [0.05, 0.1) is 17.3 Å². The Kier molecular flexibility index (Phi) is 7.31. The Morgan fingerprint density at radius 2 is 1.72 bits per heavy atom.